The van der Waals surface area contributed by atoms with Crippen molar-refractivity contribution >= 4 is 17.4 Å². The summed E-state index contributed by atoms with van der Waals surface area (Å²) in [4.78, 5) is 19.9. The van der Waals surface area contributed by atoms with Gasteiger partial charge in [-0.2, -0.15) is 5.26 Å². The number of carbonyl (C=O) groups is 1. The summed E-state index contributed by atoms with van der Waals surface area (Å²) >= 11 is 0. The van der Waals surface area contributed by atoms with E-state index in [9.17, 15) is 4.79 Å². The maximum Gasteiger partial charge on any atom is 0.247 e. The second-order valence-electron chi connectivity index (χ2n) is 7.03. The summed E-state index contributed by atoms with van der Waals surface area (Å²) in [6.07, 6.45) is 2.50. The first kappa shape index (κ1) is 22.0. The number of ether oxygens (including phenoxy) is 2. The topological polar surface area (TPSA) is 123 Å². The highest BCUT2D eigenvalue weighted by Crippen LogP contribution is 2.36. The Balaban J connectivity index is 1.58. The number of nitriles is 1. The van der Waals surface area contributed by atoms with Crippen molar-refractivity contribution in [3.05, 3.63) is 97.3 Å². The van der Waals surface area contributed by atoms with E-state index in [-0.39, 0.29) is 17.6 Å². The van der Waals surface area contributed by atoms with E-state index in [1.165, 1.54) is 12.4 Å². The van der Waals surface area contributed by atoms with E-state index in [1.54, 1.807) is 60.7 Å². The molecule has 3 aromatic carbocycles. The lowest BCUT2D eigenvalue weighted by Gasteiger charge is -2.13. The number of amides is 1. The molecular formula is C26H19N5O3. The van der Waals surface area contributed by atoms with Gasteiger partial charge in [-0.05, 0) is 54.1 Å². The minimum absolute atomic E-state index is 0.247. The largest absolute Gasteiger partial charge is 0.457 e. The van der Waals surface area contributed by atoms with E-state index in [1.807, 2.05) is 12.1 Å². The Morgan fingerprint density at radius 2 is 1.71 bits per heavy atom. The van der Waals surface area contributed by atoms with E-state index in [0.717, 1.165) is 5.56 Å². The molecule has 0 saturated heterocycles. The first-order valence-electron chi connectivity index (χ1n) is 10.2. The van der Waals surface area contributed by atoms with Gasteiger partial charge in [-0.1, -0.05) is 30.8 Å². The van der Waals surface area contributed by atoms with Crippen molar-refractivity contribution in [3.8, 4) is 40.3 Å². The van der Waals surface area contributed by atoms with E-state index >= 15 is 0 Å². The van der Waals surface area contributed by atoms with Crippen LogP contribution in [-0.2, 0) is 4.79 Å². The SMILES string of the molecule is C=CC(=O)Nc1cccc(Oc2ncnc(N)c2-c2ccc(Oc3cccc(C#N)c3)cc2)c1. The van der Waals surface area contributed by atoms with Crippen LogP contribution in [0.1, 0.15) is 5.56 Å². The summed E-state index contributed by atoms with van der Waals surface area (Å²) in [5.74, 6) is 1.78. The molecule has 8 heteroatoms. The molecule has 8 nitrogen and oxygen atoms in total. The van der Waals surface area contributed by atoms with Gasteiger partial charge in [-0.3, -0.25) is 4.79 Å². The quantitative estimate of drug-likeness (QED) is 0.367. The first-order chi connectivity index (χ1) is 16.6. The molecule has 0 saturated carbocycles. The van der Waals surface area contributed by atoms with Gasteiger partial charge in [0.2, 0.25) is 11.8 Å². The summed E-state index contributed by atoms with van der Waals surface area (Å²) < 4.78 is 11.8. The third-order valence-corrected chi connectivity index (χ3v) is 4.69. The maximum absolute atomic E-state index is 11.6. The fourth-order valence-corrected chi connectivity index (χ4v) is 3.13. The Bertz CT molecular complexity index is 1390. The number of nitrogen functional groups attached to an aromatic ring is 1. The van der Waals surface area contributed by atoms with Crippen molar-refractivity contribution in [2.45, 2.75) is 0 Å². The molecule has 0 aliphatic carbocycles. The predicted molar refractivity (Wildman–Crippen MR) is 128 cm³/mol. The normalized spacial score (nSPS) is 10.1. The lowest BCUT2D eigenvalue weighted by molar-refractivity contribution is -0.111. The monoisotopic (exact) mass is 449 g/mol. The molecule has 0 aliphatic heterocycles. The van der Waals surface area contributed by atoms with Gasteiger partial charge in [0.05, 0.1) is 17.2 Å². The number of nitrogens with two attached hydrogens (primary N) is 1. The smallest absolute Gasteiger partial charge is 0.247 e. The van der Waals surface area contributed by atoms with Gasteiger partial charge >= 0.3 is 0 Å². The van der Waals surface area contributed by atoms with Crippen molar-refractivity contribution < 1.29 is 14.3 Å². The zero-order chi connectivity index (χ0) is 23.9. The minimum Gasteiger partial charge on any atom is -0.457 e. The highest BCUT2D eigenvalue weighted by molar-refractivity contribution is 5.98. The number of nitrogens with zero attached hydrogens (tertiary/aromatic N) is 3. The zero-order valence-electron chi connectivity index (χ0n) is 17.9. The molecule has 0 unspecified atom stereocenters. The summed E-state index contributed by atoms with van der Waals surface area (Å²) in [6, 6.07) is 23.0. The van der Waals surface area contributed by atoms with Gasteiger partial charge in [0.25, 0.3) is 0 Å². The van der Waals surface area contributed by atoms with Crippen LogP contribution in [0.5, 0.6) is 23.1 Å². The second kappa shape index (κ2) is 9.97. The molecule has 0 radical (unpaired) electrons. The molecule has 166 valence electrons. The van der Waals surface area contributed by atoms with E-state index in [4.69, 9.17) is 20.5 Å². The summed E-state index contributed by atoms with van der Waals surface area (Å²) in [6.45, 7) is 3.44. The number of carbonyl (C=O) groups excluding carboxylic acids is 1. The molecule has 3 N–H and O–H groups in total. The number of rotatable bonds is 7. The average Bonchev–Trinajstić information content (AvgIpc) is 2.85. The fourth-order valence-electron chi connectivity index (χ4n) is 3.13. The van der Waals surface area contributed by atoms with Gasteiger partial charge < -0.3 is 20.5 Å². The highest BCUT2D eigenvalue weighted by Gasteiger charge is 2.15. The van der Waals surface area contributed by atoms with Gasteiger partial charge in [0.15, 0.2) is 0 Å². The third-order valence-electron chi connectivity index (χ3n) is 4.69. The highest BCUT2D eigenvalue weighted by atomic mass is 16.5. The Kier molecular flexibility index (Phi) is 6.47. The van der Waals surface area contributed by atoms with Crippen LogP contribution in [-0.4, -0.2) is 15.9 Å². The Morgan fingerprint density at radius 3 is 2.44 bits per heavy atom. The third kappa shape index (κ3) is 5.18. The zero-order valence-corrected chi connectivity index (χ0v) is 17.9. The van der Waals surface area contributed by atoms with Crippen molar-refractivity contribution in [2.75, 3.05) is 11.1 Å². The molecule has 4 rings (SSSR count). The number of nitrogens with one attached hydrogen (secondary N) is 1. The first-order valence-corrected chi connectivity index (χ1v) is 10.2. The molecule has 0 fully saturated rings. The van der Waals surface area contributed by atoms with E-state index < -0.39 is 0 Å². The van der Waals surface area contributed by atoms with Crippen LogP contribution >= 0.6 is 0 Å². The van der Waals surface area contributed by atoms with Crippen LogP contribution in [0.2, 0.25) is 0 Å². The lowest BCUT2D eigenvalue weighted by atomic mass is 10.1. The molecule has 34 heavy (non-hydrogen) atoms. The van der Waals surface area contributed by atoms with Crippen LogP contribution in [0.25, 0.3) is 11.1 Å². The molecule has 0 aliphatic rings. The number of hydrogen-bond acceptors (Lipinski definition) is 7. The maximum atomic E-state index is 11.6. The van der Waals surface area contributed by atoms with Crippen molar-refractivity contribution in [1.29, 1.82) is 5.26 Å². The Morgan fingerprint density at radius 1 is 0.971 bits per heavy atom. The van der Waals surface area contributed by atoms with Gasteiger partial charge in [-0.25, -0.2) is 9.97 Å². The lowest BCUT2D eigenvalue weighted by Crippen LogP contribution is -2.07. The predicted octanol–water partition coefficient (Wildman–Crippen LogP) is 5.31. The van der Waals surface area contributed by atoms with Crippen LogP contribution in [0.15, 0.2) is 91.8 Å². The molecule has 1 heterocycles. The molecule has 1 aromatic heterocycles. The summed E-state index contributed by atoms with van der Waals surface area (Å²) in [5.41, 5.74) is 8.45. The molecule has 0 spiro atoms. The van der Waals surface area contributed by atoms with Gasteiger partial charge in [0.1, 0.15) is 29.4 Å². The van der Waals surface area contributed by atoms with E-state index in [2.05, 4.69) is 27.9 Å². The van der Waals surface area contributed by atoms with Crippen LogP contribution < -0.4 is 20.5 Å². The molecule has 1 amide bonds. The van der Waals surface area contributed by atoms with Gasteiger partial charge in [-0.15, -0.1) is 0 Å². The molecule has 0 atom stereocenters. The summed E-state index contributed by atoms with van der Waals surface area (Å²) in [7, 11) is 0. The van der Waals surface area contributed by atoms with Crippen LogP contribution in [0.4, 0.5) is 11.5 Å². The van der Waals surface area contributed by atoms with Crippen LogP contribution in [0.3, 0.4) is 0 Å². The standard InChI is InChI=1S/C26H19N5O3/c1-2-23(32)31-19-6-4-8-22(14-19)34-26-24(25(28)29-16-30-26)18-9-11-20(12-10-18)33-21-7-3-5-17(13-21)15-27/h2-14,16H,1H2,(H,31,32)(H2,28,29,30). The number of anilines is 2. The fraction of sp³-hybridized carbons (Fsp3) is 0. The summed E-state index contributed by atoms with van der Waals surface area (Å²) in [5, 5.41) is 11.7. The average molecular weight is 449 g/mol. The number of hydrogen-bond donors (Lipinski definition) is 2. The van der Waals surface area contributed by atoms with Crippen LogP contribution in [0, 0.1) is 11.3 Å². The molecule has 4 aromatic rings. The molecular weight excluding hydrogens is 430 g/mol. The van der Waals surface area contributed by atoms with Crippen molar-refractivity contribution in [3.63, 3.8) is 0 Å². The number of benzene rings is 3. The Labute approximate surface area is 195 Å². The second-order valence-corrected chi connectivity index (χ2v) is 7.03. The van der Waals surface area contributed by atoms with E-state index in [0.29, 0.717) is 34.1 Å². The minimum atomic E-state index is -0.328. The van der Waals surface area contributed by atoms with Gasteiger partial charge in [0, 0.05) is 11.8 Å². The van der Waals surface area contributed by atoms with Crippen molar-refractivity contribution in [2.24, 2.45) is 0 Å². The van der Waals surface area contributed by atoms with Crippen molar-refractivity contribution in [1.82, 2.24) is 9.97 Å². The number of aromatic nitrogens is 2. The molecule has 0 bridgehead atoms. The Hall–Kier alpha value is -5.16.